The number of hydrogen-bond acceptors (Lipinski definition) is 3. The number of alkyl halides is 3. The Balaban J connectivity index is 1.81. The average molecular weight is 557 g/mol. The molecule has 0 aliphatic heterocycles. The van der Waals surface area contributed by atoms with Crippen molar-refractivity contribution < 1.29 is 26.7 Å². The van der Waals surface area contributed by atoms with Crippen molar-refractivity contribution in [1.82, 2.24) is 19.9 Å². The van der Waals surface area contributed by atoms with Crippen LogP contribution in [0.1, 0.15) is 28.3 Å². The molecular formula is C28H18ClF5N4O. The highest BCUT2D eigenvalue weighted by atomic mass is 35.5. The number of halogens is 6. The smallest absolute Gasteiger partial charge is 0.348 e. The minimum Gasteiger partial charge on any atom is -0.348 e. The van der Waals surface area contributed by atoms with Gasteiger partial charge >= 0.3 is 6.18 Å². The van der Waals surface area contributed by atoms with E-state index in [0.29, 0.717) is 40.4 Å². The third kappa shape index (κ3) is 5.20. The van der Waals surface area contributed by atoms with Crippen LogP contribution in [-0.2, 0) is 11.0 Å². The molecule has 5 aromatic rings. The number of carbonyl (C=O) groups is 1. The maximum Gasteiger partial charge on any atom is 0.416 e. The van der Waals surface area contributed by atoms with Gasteiger partial charge in [0, 0.05) is 22.3 Å². The van der Waals surface area contributed by atoms with Gasteiger partial charge in [-0.05, 0) is 89.3 Å². The van der Waals surface area contributed by atoms with Crippen molar-refractivity contribution in [2.75, 3.05) is 0 Å². The van der Waals surface area contributed by atoms with Crippen molar-refractivity contribution in [3.05, 3.63) is 112 Å². The molecule has 0 fully saturated rings. The van der Waals surface area contributed by atoms with Crippen LogP contribution in [0.4, 0.5) is 22.0 Å². The molecule has 1 atom stereocenters. The second-order valence-electron chi connectivity index (χ2n) is 8.84. The number of nitrogens with zero attached hydrogens (tertiary/aromatic N) is 3. The quantitative estimate of drug-likeness (QED) is 0.178. The van der Waals surface area contributed by atoms with Crippen molar-refractivity contribution in [2.24, 2.45) is 0 Å². The number of pyridine rings is 1. The summed E-state index contributed by atoms with van der Waals surface area (Å²) in [5.41, 5.74) is 1.76. The molecular weight excluding hydrogens is 539 g/mol. The van der Waals surface area contributed by atoms with Crippen LogP contribution in [0.3, 0.4) is 0 Å². The Morgan fingerprint density at radius 2 is 1.74 bits per heavy atom. The minimum atomic E-state index is -4.81. The van der Waals surface area contributed by atoms with Gasteiger partial charge in [-0.1, -0.05) is 17.7 Å². The lowest BCUT2D eigenvalue weighted by Crippen LogP contribution is -2.23. The zero-order chi connectivity index (χ0) is 27.9. The molecule has 0 saturated carbocycles. The normalized spacial score (nSPS) is 12.5. The van der Waals surface area contributed by atoms with E-state index in [1.807, 2.05) is 0 Å². The van der Waals surface area contributed by atoms with Gasteiger partial charge in [-0.3, -0.25) is 4.79 Å². The topological polar surface area (TPSA) is 59.3 Å². The summed E-state index contributed by atoms with van der Waals surface area (Å²) in [6, 6.07) is 11.6. The molecule has 0 aliphatic rings. The van der Waals surface area contributed by atoms with Crippen LogP contribution in [0.15, 0.2) is 73.2 Å². The monoisotopic (exact) mass is 556 g/mol. The maximum atomic E-state index is 14.6. The Bertz CT molecular complexity index is 1720. The number of hydrogen-bond donors (Lipinski definition) is 1. The molecule has 5 rings (SSSR count). The fraction of sp³-hybridized carbons (Fsp3) is 0.107. The number of fused-ring (bicyclic) bond motifs is 1. The van der Waals surface area contributed by atoms with Crippen molar-refractivity contribution in [3.8, 4) is 22.3 Å². The summed E-state index contributed by atoms with van der Waals surface area (Å²) in [6.07, 6.45) is -1.36. The van der Waals surface area contributed by atoms with Crippen LogP contribution in [0.5, 0.6) is 0 Å². The number of carbonyl (C=O) groups excluding carboxylic acids is 1. The Kier molecular flexibility index (Phi) is 6.82. The largest absolute Gasteiger partial charge is 0.416 e. The third-order valence-corrected chi connectivity index (χ3v) is 6.67. The molecule has 5 nitrogen and oxygen atoms in total. The number of nitrogens with one attached hydrogen (secondary N) is 1. The van der Waals surface area contributed by atoms with Crippen LogP contribution in [-0.4, -0.2) is 21.0 Å². The summed E-state index contributed by atoms with van der Waals surface area (Å²) in [5, 5.41) is 6.84. The second-order valence-corrected chi connectivity index (χ2v) is 9.25. The van der Waals surface area contributed by atoms with Gasteiger partial charge in [0.05, 0.1) is 11.6 Å². The average Bonchev–Trinajstić information content (AvgIpc) is 3.36. The van der Waals surface area contributed by atoms with Gasteiger partial charge in [0.2, 0.25) is 6.41 Å². The fourth-order valence-electron chi connectivity index (χ4n) is 4.62. The lowest BCUT2D eigenvalue weighted by molar-refractivity contribution is -0.137. The molecule has 1 unspecified atom stereocenters. The first-order chi connectivity index (χ1) is 18.5. The summed E-state index contributed by atoms with van der Waals surface area (Å²) in [4.78, 5) is 15.8. The van der Waals surface area contributed by atoms with E-state index in [-0.39, 0.29) is 21.7 Å². The zero-order valence-corrected chi connectivity index (χ0v) is 20.9. The van der Waals surface area contributed by atoms with Crippen LogP contribution < -0.4 is 5.32 Å². The molecule has 2 aromatic heterocycles. The van der Waals surface area contributed by atoms with Gasteiger partial charge in [-0.2, -0.15) is 18.3 Å². The lowest BCUT2D eigenvalue weighted by Gasteiger charge is -2.25. The summed E-state index contributed by atoms with van der Waals surface area (Å²) in [6.45, 7) is 1.69. The minimum absolute atomic E-state index is 0.0886. The first-order valence-electron chi connectivity index (χ1n) is 11.5. The van der Waals surface area contributed by atoms with E-state index in [0.717, 1.165) is 24.3 Å². The van der Waals surface area contributed by atoms with E-state index in [9.17, 15) is 26.7 Å². The van der Waals surface area contributed by atoms with Crippen molar-refractivity contribution in [2.45, 2.75) is 19.1 Å². The first-order valence-corrected chi connectivity index (χ1v) is 11.9. The molecule has 1 amide bonds. The molecule has 198 valence electrons. The molecule has 0 spiro atoms. The summed E-state index contributed by atoms with van der Waals surface area (Å²) >= 11 is 6.36. The van der Waals surface area contributed by atoms with Gasteiger partial charge in [-0.25, -0.2) is 18.3 Å². The number of aromatic nitrogens is 3. The molecule has 1 N–H and O–H groups in total. The molecule has 39 heavy (non-hydrogen) atoms. The van der Waals surface area contributed by atoms with E-state index in [1.54, 1.807) is 37.4 Å². The summed E-state index contributed by atoms with van der Waals surface area (Å²) in [7, 11) is 0. The van der Waals surface area contributed by atoms with Crippen LogP contribution in [0.25, 0.3) is 27.9 Å². The van der Waals surface area contributed by atoms with Crippen molar-refractivity contribution in [1.29, 1.82) is 0 Å². The fourth-order valence-corrected chi connectivity index (χ4v) is 4.84. The number of aryl methyl sites for hydroxylation is 1. The van der Waals surface area contributed by atoms with Crippen molar-refractivity contribution in [3.63, 3.8) is 0 Å². The molecule has 0 bridgehead atoms. The highest BCUT2D eigenvalue weighted by molar-refractivity contribution is 6.31. The van der Waals surface area contributed by atoms with Gasteiger partial charge in [0.15, 0.2) is 5.65 Å². The number of amides is 1. The predicted octanol–water partition coefficient (Wildman–Crippen LogP) is 7.16. The van der Waals surface area contributed by atoms with Gasteiger partial charge < -0.3 is 5.32 Å². The zero-order valence-electron chi connectivity index (χ0n) is 20.1. The van der Waals surface area contributed by atoms with Gasteiger partial charge in [0.1, 0.15) is 18.0 Å². The Labute approximate surface area is 223 Å². The van der Waals surface area contributed by atoms with E-state index in [1.165, 1.54) is 16.9 Å². The number of benzene rings is 3. The molecule has 3 aromatic carbocycles. The Hall–Kier alpha value is -4.31. The third-order valence-electron chi connectivity index (χ3n) is 6.32. The molecule has 0 aliphatic carbocycles. The van der Waals surface area contributed by atoms with E-state index in [2.05, 4.69) is 15.4 Å². The second kappa shape index (κ2) is 10.1. The molecule has 0 radical (unpaired) electrons. The van der Waals surface area contributed by atoms with E-state index < -0.39 is 29.4 Å². The molecule has 11 heteroatoms. The number of rotatable bonds is 6. The summed E-state index contributed by atoms with van der Waals surface area (Å²) in [5.74, 6) is -1.73. The van der Waals surface area contributed by atoms with Gasteiger partial charge in [-0.15, -0.1) is 0 Å². The van der Waals surface area contributed by atoms with Crippen LogP contribution in [0, 0.1) is 18.6 Å². The molecule has 0 saturated heterocycles. The standard InChI is InChI=1S/C28H18ClF5N4O/c1-15-6-17(16-2-5-25-35-13-37-38(25)12-16)9-22(18-7-19(28(32,33)34)10-21(31)8-18)26(15)27(36-14-39)23-11-20(30)3-4-24(23)29/h2-14,27H,1H3,(H,36,39). The van der Waals surface area contributed by atoms with Gasteiger partial charge in [0.25, 0.3) is 0 Å². The van der Waals surface area contributed by atoms with Crippen LogP contribution >= 0.6 is 11.6 Å². The summed E-state index contributed by atoms with van der Waals surface area (Å²) < 4.78 is 71.3. The Morgan fingerprint density at radius 3 is 2.49 bits per heavy atom. The maximum absolute atomic E-state index is 14.6. The highest BCUT2D eigenvalue weighted by Crippen LogP contribution is 2.41. The van der Waals surface area contributed by atoms with Crippen molar-refractivity contribution >= 4 is 23.7 Å². The highest BCUT2D eigenvalue weighted by Gasteiger charge is 2.32. The SMILES string of the molecule is Cc1cc(-c2ccc3ncnn3c2)cc(-c2cc(F)cc(C(F)(F)F)c2)c1C(NC=O)c1cc(F)ccc1Cl. The Morgan fingerprint density at radius 1 is 0.949 bits per heavy atom. The van der Waals surface area contributed by atoms with E-state index in [4.69, 9.17) is 11.6 Å². The van der Waals surface area contributed by atoms with E-state index >= 15 is 0 Å². The lowest BCUT2D eigenvalue weighted by atomic mass is 9.85. The molecule has 2 heterocycles. The van der Waals surface area contributed by atoms with Crippen LogP contribution in [0.2, 0.25) is 5.02 Å². The first kappa shape index (κ1) is 26.3. The predicted molar refractivity (Wildman–Crippen MR) is 136 cm³/mol.